The number of methoxy groups -OCH3 is 3. The van der Waals surface area contributed by atoms with Gasteiger partial charge in [0.2, 0.25) is 0 Å². The first-order valence-corrected chi connectivity index (χ1v) is 7.76. The molecule has 0 aromatic heterocycles. The number of hydroxylamine groups is 1. The highest BCUT2D eigenvalue weighted by Gasteiger charge is 2.18. The average molecular weight is 373 g/mol. The number of carboxylic acids is 1. The molecule has 1 N–H and O–H groups in total. The molecule has 0 bridgehead atoms. The van der Waals surface area contributed by atoms with E-state index in [-0.39, 0.29) is 0 Å². The first-order valence-electron chi connectivity index (χ1n) is 7.76. The van der Waals surface area contributed by atoms with Gasteiger partial charge in [-0.1, -0.05) is 6.07 Å². The van der Waals surface area contributed by atoms with Crippen molar-refractivity contribution in [3.05, 3.63) is 54.2 Å². The van der Waals surface area contributed by atoms with E-state index in [0.717, 1.165) is 5.06 Å². The number of aliphatic carboxylic acids is 1. The molecule has 0 aliphatic carbocycles. The maximum Gasteiger partial charge on any atom is 0.441 e. The van der Waals surface area contributed by atoms with E-state index in [4.69, 9.17) is 24.2 Å². The smallest absolute Gasteiger partial charge is 0.441 e. The van der Waals surface area contributed by atoms with Crippen molar-refractivity contribution in [1.82, 2.24) is 0 Å². The summed E-state index contributed by atoms with van der Waals surface area (Å²) in [6.07, 6.45) is 3.02. The highest BCUT2D eigenvalue weighted by Crippen LogP contribution is 2.25. The zero-order chi connectivity index (χ0) is 19.8. The molecule has 0 heterocycles. The Morgan fingerprint density at radius 3 is 2.11 bits per heavy atom. The Hall–Kier alpha value is -3.68. The van der Waals surface area contributed by atoms with Crippen LogP contribution in [0.5, 0.6) is 17.2 Å². The van der Waals surface area contributed by atoms with Crippen LogP contribution >= 0.6 is 0 Å². The van der Waals surface area contributed by atoms with Crippen molar-refractivity contribution >= 4 is 23.7 Å². The third kappa shape index (κ3) is 5.40. The molecule has 0 atom stereocenters. The lowest BCUT2D eigenvalue weighted by molar-refractivity contribution is -0.164. The van der Waals surface area contributed by atoms with Crippen LogP contribution in [-0.2, 0) is 14.4 Å². The zero-order valence-corrected chi connectivity index (χ0v) is 15.0. The number of benzene rings is 2. The van der Waals surface area contributed by atoms with Crippen LogP contribution in [0.15, 0.2) is 48.7 Å². The highest BCUT2D eigenvalue weighted by atomic mass is 16.7. The molecule has 2 aromatic rings. The van der Waals surface area contributed by atoms with Crippen molar-refractivity contribution in [3.8, 4) is 17.2 Å². The molecule has 0 saturated carbocycles. The summed E-state index contributed by atoms with van der Waals surface area (Å²) in [6, 6.07) is 11.8. The van der Waals surface area contributed by atoms with E-state index in [1.807, 2.05) is 0 Å². The summed E-state index contributed by atoms with van der Waals surface area (Å²) in [7, 11) is 4.55. The van der Waals surface area contributed by atoms with E-state index < -0.39 is 11.9 Å². The predicted octanol–water partition coefficient (Wildman–Crippen LogP) is 2.73. The SMILES string of the molecule is COc1cc(C=CN(OC(=O)C(=O)O)c2cccc(OC)c2)cc(OC)c1. The minimum absolute atomic E-state index is 0.398. The number of carbonyl (C=O) groups excluding carboxylic acids is 1. The molecular weight excluding hydrogens is 354 g/mol. The van der Waals surface area contributed by atoms with E-state index >= 15 is 0 Å². The van der Waals surface area contributed by atoms with Crippen LogP contribution in [0.1, 0.15) is 5.56 Å². The summed E-state index contributed by atoms with van der Waals surface area (Å²) in [5, 5.41) is 9.85. The number of nitrogens with zero attached hydrogens (tertiary/aromatic N) is 1. The summed E-state index contributed by atoms with van der Waals surface area (Å²) < 4.78 is 15.6. The van der Waals surface area contributed by atoms with E-state index in [9.17, 15) is 9.59 Å². The molecule has 0 aliphatic heterocycles. The second kappa shape index (κ2) is 9.14. The van der Waals surface area contributed by atoms with Gasteiger partial charge in [-0.2, -0.15) is 5.06 Å². The van der Waals surface area contributed by atoms with Gasteiger partial charge in [0.1, 0.15) is 17.2 Å². The van der Waals surface area contributed by atoms with E-state index in [1.165, 1.54) is 27.5 Å². The number of hydrogen-bond donors (Lipinski definition) is 1. The van der Waals surface area contributed by atoms with Crippen molar-refractivity contribution in [3.63, 3.8) is 0 Å². The molecule has 0 spiro atoms. The number of anilines is 1. The van der Waals surface area contributed by atoms with Crippen LogP contribution in [0.25, 0.3) is 6.08 Å². The summed E-state index contributed by atoms with van der Waals surface area (Å²) in [4.78, 5) is 27.3. The van der Waals surface area contributed by atoms with Gasteiger partial charge in [-0.15, -0.1) is 0 Å². The minimum atomic E-state index is -1.71. The third-order valence-corrected chi connectivity index (χ3v) is 3.44. The van der Waals surface area contributed by atoms with Gasteiger partial charge in [-0.25, -0.2) is 9.59 Å². The standard InChI is InChI=1S/C19H19NO7/c1-24-15-6-4-5-14(11-15)20(27-19(23)18(21)22)8-7-13-9-16(25-2)12-17(10-13)26-3/h4-12H,1-3H3,(H,21,22). The Morgan fingerprint density at radius 1 is 0.926 bits per heavy atom. The molecule has 2 aromatic carbocycles. The lowest BCUT2D eigenvalue weighted by Gasteiger charge is -2.18. The van der Waals surface area contributed by atoms with Gasteiger partial charge < -0.3 is 24.2 Å². The molecule has 8 nitrogen and oxygen atoms in total. The van der Waals surface area contributed by atoms with Crippen LogP contribution in [0, 0.1) is 0 Å². The van der Waals surface area contributed by atoms with Crippen molar-refractivity contribution in [2.45, 2.75) is 0 Å². The Bertz CT molecular complexity index is 825. The number of rotatable bonds is 7. The van der Waals surface area contributed by atoms with Crippen LogP contribution in [0.3, 0.4) is 0 Å². The van der Waals surface area contributed by atoms with Gasteiger partial charge in [0.05, 0.1) is 27.0 Å². The van der Waals surface area contributed by atoms with Crippen molar-refractivity contribution in [2.75, 3.05) is 26.4 Å². The molecule has 8 heteroatoms. The summed E-state index contributed by atoms with van der Waals surface area (Å²) in [6.45, 7) is 0. The lowest BCUT2D eigenvalue weighted by Crippen LogP contribution is -2.26. The van der Waals surface area contributed by atoms with Crippen molar-refractivity contribution in [2.24, 2.45) is 0 Å². The maximum atomic E-state index is 11.5. The number of hydrogen-bond acceptors (Lipinski definition) is 7. The molecule has 0 radical (unpaired) electrons. The largest absolute Gasteiger partial charge is 0.497 e. The van der Waals surface area contributed by atoms with Gasteiger partial charge >= 0.3 is 11.9 Å². The predicted molar refractivity (Wildman–Crippen MR) is 97.8 cm³/mol. The molecule has 0 unspecified atom stereocenters. The van der Waals surface area contributed by atoms with E-state index in [1.54, 1.807) is 48.5 Å². The number of ether oxygens (including phenoxy) is 3. The maximum absolute atomic E-state index is 11.5. The Kier molecular flexibility index (Phi) is 6.65. The summed E-state index contributed by atoms with van der Waals surface area (Å²) >= 11 is 0. The molecule has 0 fully saturated rings. The first-order chi connectivity index (χ1) is 13.0. The zero-order valence-electron chi connectivity index (χ0n) is 15.0. The molecule has 0 saturated heterocycles. The number of carbonyl (C=O) groups is 2. The van der Waals surface area contributed by atoms with Crippen molar-refractivity contribution in [1.29, 1.82) is 0 Å². The van der Waals surface area contributed by atoms with Gasteiger partial charge in [0.25, 0.3) is 0 Å². The average Bonchev–Trinajstić information content (AvgIpc) is 2.70. The molecule has 142 valence electrons. The van der Waals surface area contributed by atoms with E-state index in [0.29, 0.717) is 28.5 Å². The quantitative estimate of drug-likeness (QED) is 0.585. The van der Waals surface area contributed by atoms with Crippen LogP contribution in [-0.4, -0.2) is 38.4 Å². The fourth-order valence-electron chi connectivity index (χ4n) is 2.12. The minimum Gasteiger partial charge on any atom is -0.497 e. The molecule has 27 heavy (non-hydrogen) atoms. The summed E-state index contributed by atoms with van der Waals surface area (Å²) in [5.74, 6) is -1.47. The summed E-state index contributed by atoms with van der Waals surface area (Å²) in [5.41, 5.74) is 1.08. The van der Waals surface area contributed by atoms with Crippen LogP contribution < -0.4 is 19.3 Å². The molecule has 0 aliphatic rings. The third-order valence-electron chi connectivity index (χ3n) is 3.44. The first kappa shape index (κ1) is 19.6. The van der Waals surface area contributed by atoms with Crippen LogP contribution in [0.2, 0.25) is 0 Å². The fourth-order valence-corrected chi connectivity index (χ4v) is 2.12. The highest BCUT2D eigenvalue weighted by molar-refractivity contribution is 6.28. The lowest BCUT2D eigenvalue weighted by atomic mass is 10.2. The number of carboxylic acid groups (broad SMARTS) is 1. The van der Waals surface area contributed by atoms with Crippen LogP contribution in [0.4, 0.5) is 5.69 Å². The van der Waals surface area contributed by atoms with Crippen molar-refractivity contribution < 1.29 is 33.7 Å². The topological polar surface area (TPSA) is 94.5 Å². The Labute approximate surface area is 156 Å². The Morgan fingerprint density at radius 2 is 1.56 bits per heavy atom. The monoisotopic (exact) mass is 373 g/mol. The molecule has 0 amide bonds. The van der Waals surface area contributed by atoms with E-state index in [2.05, 4.69) is 0 Å². The van der Waals surface area contributed by atoms with Gasteiger partial charge in [-0.05, 0) is 35.9 Å². The second-order valence-corrected chi connectivity index (χ2v) is 5.17. The van der Waals surface area contributed by atoms with Gasteiger partial charge in [-0.3, -0.25) is 0 Å². The van der Waals surface area contributed by atoms with Gasteiger partial charge in [0, 0.05) is 18.3 Å². The normalized spacial score (nSPS) is 10.3. The van der Waals surface area contributed by atoms with Gasteiger partial charge in [0.15, 0.2) is 0 Å². The fraction of sp³-hybridized carbons (Fsp3) is 0.158. The second-order valence-electron chi connectivity index (χ2n) is 5.17. The molecular formula is C19H19NO7. The Balaban J connectivity index is 2.37. The molecule has 2 rings (SSSR count).